The lowest BCUT2D eigenvalue weighted by Gasteiger charge is -2.04. The molecule has 21 heavy (non-hydrogen) atoms. The lowest BCUT2D eigenvalue weighted by Crippen LogP contribution is -2.09. The number of hydrogen-bond acceptors (Lipinski definition) is 5. The molecule has 0 radical (unpaired) electrons. The molecule has 7 heteroatoms. The first-order valence-corrected chi connectivity index (χ1v) is 6.51. The van der Waals surface area contributed by atoms with Crippen LogP contribution in [0.25, 0.3) is 11.0 Å². The molecule has 3 aromatic rings. The highest BCUT2D eigenvalue weighted by Gasteiger charge is 2.13. The van der Waals surface area contributed by atoms with Gasteiger partial charge in [-0.15, -0.1) is 0 Å². The van der Waals surface area contributed by atoms with Gasteiger partial charge in [-0.3, -0.25) is 10.1 Å². The molecular formula is C14H13N5O2. The molecule has 2 N–H and O–H groups in total. The molecule has 106 valence electrons. The SMILES string of the molecule is O=[N+]([O-])c1cccnc1NCCc1nc2ccccc2[nH]1. The van der Waals surface area contributed by atoms with E-state index in [1.807, 2.05) is 24.3 Å². The van der Waals surface area contributed by atoms with Crippen molar-refractivity contribution in [3.05, 3.63) is 58.5 Å². The number of pyridine rings is 1. The number of H-pyrrole nitrogens is 1. The van der Waals surface area contributed by atoms with Gasteiger partial charge in [-0.05, 0) is 18.2 Å². The first-order chi connectivity index (χ1) is 10.2. The fourth-order valence-electron chi connectivity index (χ4n) is 2.10. The predicted molar refractivity (Wildman–Crippen MR) is 79.2 cm³/mol. The predicted octanol–water partition coefficient (Wildman–Crippen LogP) is 2.52. The van der Waals surface area contributed by atoms with Gasteiger partial charge in [0, 0.05) is 25.2 Å². The number of rotatable bonds is 5. The summed E-state index contributed by atoms with van der Waals surface area (Å²) in [7, 11) is 0. The van der Waals surface area contributed by atoms with Crippen LogP contribution in [0.3, 0.4) is 0 Å². The zero-order valence-corrected chi connectivity index (χ0v) is 11.1. The van der Waals surface area contributed by atoms with Gasteiger partial charge in [-0.25, -0.2) is 9.97 Å². The summed E-state index contributed by atoms with van der Waals surface area (Å²) >= 11 is 0. The van der Waals surface area contributed by atoms with Crippen molar-refractivity contribution in [2.45, 2.75) is 6.42 Å². The number of nitrogens with one attached hydrogen (secondary N) is 2. The number of imidazole rings is 1. The van der Waals surface area contributed by atoms with E-state index in [-0.39, 0.29) is 11.5 Å². The van der Waals surface area contributed by atoms with E-state index in [4.69, 9.17) is 0 Å². The second-order valence-corrected chi connectivity index (χ2v) is 4.51. The molecule has 7 nitrogen and oxygen atoms in total. The van der Waals surface area contributed by atoms with E-state index < -0.39 is 4.92 Å². The van der Waals surface area contributed by atoms with E-state index in [0.29, 0.717) is 13.0 Å². The van der Waals surface area contributed by atoms with Crippen LogP contribution < -0.4 is 5.32 Å². The second-order valence-electron chi connectivity index (χ2n) is 4.51. The third-order valence-corrected chi connectivity index (χ3v) is 3.08. The zero-order chi connectivity index (χ0) is 14.7. The quantitative estimate of drug-likeness (QED) is 0.554. The summed E-state index contributed by atoms with van der Waals surface area (Å²) in [6.07, 6.45) is 2.15. The van der Waals surface area contributed by atoms with Gasteiger partial charge in [0.1, 0.15) is 5.82 Å². The summed E-state index contributed by atoms with van der Waals surface area (Å²) in [6.45, 7) is 0.512. The number of hydrogen-bond donors (Lipinski definition) is 2. The Labute approximate surface area is 120 Å². The second kappa shape index (κ2) is 5.58. The molecular weight excluding hydrogens is 270 g/mol. The zero-order valence-electron chi connectivity index (χ0n) is 11.1. The van der Waals surface area contributed by atoms with Crippen molar-refractivity contribution in [2.75, 3.05) is 11.9 Å². The minimum atomic E-state index is -0.448. The van der Waals surface area contributed by atoms with Crippen LogP contribution in [0.5, 0.6) is 0 Å². The summed E-state index contributed by atoms with van der Waals surface area (Å²) in [5.74, 6) is 1.11. The maximum Gasteiger partial charge on any atom is 0.311 e. The minimum absolute atomic E-state index is 0.0258. The lowest BCUT2D eigenvalue weighted by molar-refractivity contribution is -0.384. The average molecular weight is 283 g/mol. The van der Waals surface area contributed by atoms with Gasteiger partial charge >= 0.3 is 5.69 Å². The fourth-order valence-corrected chi connectivity index (χ4v) is 2.10. The van der Waals surface area contributed by atoms with Gasteiger partial charge in [0.05, 0.1) is 16.0 Å². The number of anilines is 1. The summed E-state index contributed by atoms with van der Waals surface area (Å²) in [6, 6.07) is 10.7. The van der Waals surface area contributed by atoms with Gasteiger partial charge in [0.2, 0.25) is 5.82 Å². The van der Waals surface area contributed by atoms with Gasteiger partial charge in [0.15, 0.2) is 0 Å². The highest BCUT2D eigenvalue weighted by atomic mass is 16.6. The van der Waals surface area contributed by atoms with Crippen LogP contribution in [0.4, 0.5) is 11.5 Å². The number of aromatic amines is 1. The van der Waals surface area contributed by atoms with Crippen molar-refractivity contribution in [1.82, 2.24) is 15.0 Å². The van der Waals surface area contributed by atoms with Crippen molar-refractivity contribution >= 4 is 22.5 Å². The number of benzene rings is 1. The Balaban J connectivity index is 1.67. The molecule has 3 rings (SSSR count). The van der Waals surface area contributed by atoms with Gasteiger partial charge in [0.25, 0.3) is 0 Å². The first-order valence-electron chi connectivity index (χ1n) is 6.51. The number of nitro groups is 1. The molecule has 0 aliphatic heterocycles. The molecule has 2 aromatic heterocycles. The lowest BCUT2D eigenvalue weighted by atomic mass is 10.3. The third-order valence-electron chi connectivity index (χ3n) is 3.08. The Morgan fingerprint density at radius 3 is 2.90 bits per heavy atom. The smallest absolute Gasteiger partial charge is 0.311 e. The van der Waals surface area contributed by atoms with Gasteiger partial charge in [-0.1, -0.05) is 12.1 Å². The Morgan fingerprint density at radius 1 is 1.24 bits per heavy atom. The number of nitrogens with zero attached hydrogens (tertiary/aromatic N) is 3. The van der Waals surface area contributed by atoms with Crippen molar-refractivity contribution in [3.8, 4) is 0 Å². The summed E-state index contributed by atoms with van der Waals surface area (Å²) < 4.78 is 0. The summed E-state index contributed by atoms with van der Waals surface area (Å²) in [4.78, 5) is 22.1. The van der Waals surface area contributed by atoms with Crippen LogP contribution in [-0.2, 0) is 6.42 Å². The molecule has 0 fully saturated rings. The molecule has 0 saturated heterocycles. The van der Waals surface area contributed by atoms with Crippen molar-refractivity contribution in [1.29, 1.82) is 0 Å². The minimum Gasteiger partial charge on any atom is -0.364 e. The highest BCUT2D eigenvalue weighted by molar-refractivity contribution is 5.74. The Morgan fingerprint density at radius 2 is 2.10 bits per heavy atom. The fraction of sp³-hybridized carbons (Fsp3) is 0.143. The van der Waals surface area contributed by atoms with Crippen LogP contribution >= 0.6 is 0 Å². The topological polar surface area (TPSA) is 96.7 Å². The molecule has 0 saturated carbocycles. The Bertz CT molecular complexity index is 751. The molecule has 0 aliphatic carbocycles. The van der Waals surface area contributed by atoms with Crippen LogP contribution in [-0.4, -0.2) is 26.4 Å². The van der Waals surface area contributed by atoms with E-state index in [0.717, 1.165) is 16.9 Å². The Hall–Kier alpha value is -2.96. The molecule has 0 aliphatic rings. The monoisotopic (exact) mass is 283 g/mol. The number of fused-ring (bicyclic) bond motifs is 1. The molecule has 0 spiro atoms. The molecule has 0 unspecified atom stereocenters. The van der Waals surface area contributed by atoms with E-state index in [9.17, 15) is 10.1 Å². The third kappa shape index (κ3) is 2.81. The van der Waals surface area contributed by atoms with Gasteiger partial charge < -0.3 is 10.3 Å². The normalized spacial score (nSPS) is 10.7. The standard InChI is InChI=1S/C14H13N5O2/c20-19(21)12-6-3-8-15-14(12)16-9-7-13-17-10-4-1-2-5-11(10)18-13/h1-6,8H,7,9H2,(H,15,16)(H,17,18). The maximum absolute atomic E-state index is 10.9. The van der Waals surface area contributed by atoms with Crippen molar-refractivity contribution < 1.29 is 4.92 Å². The number of aromatic nitrogens is 3. The molecule has 1 aromatic carbocycles. The Kier molecular flexibility index (Phi) is 3.46. The summed E-state index contributed by atoms with van der Waals surface area (Å²) in [5, 5.41) is 13.9. The van der Waals surface area contributed by atoms with Crippen LogP contribution in [0.1, 0.15) is 5.82 Å². The van der Waals surface area contributed by atoms with E-state index in [1.165, 1.54) is 12.3 Å². The van der Waals surface area contributed by atoms with Gasteiger partial charge in [-0.2, -0.15) is 0 Å². The first kappa shape index (κ1) is 13.0. The highest BCUT2D eigenvalue weighted by Crippen LogP contribution is 2.20. The van der Waals surface area contributed by atoms with Crippen molar-refractivity contribution in [2.24, 2.45) is 0 Å². The molecule has 0 atom stereocenters. The molecule has 0 amide bonds. The molecule has 0 bridgehead atoms. The van der Waals surface area contributed by atoms with Crippen LogP contribution in [0.2, 0.25) is 0 Å². The average Bonchev–Trinajstić information content (AvgIpc) is 2.90. The number of para-hydroxylation sites is 2. The van der Waals surface area contributed by atoms with Crippen molar-refractivity contribution in [3.63, 3.8) is 0 Å². The maximum atomic E-state index is 10.9. The van der Waals surface area contributed by atoms with E-state index in [2.05, 4.69) is 20.3 Å². The molecule has 2 heterocycles. The largest absolute Gasteiger partial charge is 0.364 e. The van der Waals surface area contributed by atoms with E-state index >= 15 is 0 Å². The van der Waals surface area contributed by atoms with E-state index in [1.54, 1.807) is 6.07 Å². The summed E-state index contributed by atoms with van der Waals surface area (Å²) in [5.41, 5.74) is 1.87. The van der Waals surface area contributed by atoms with Crippen LogP contribution in [0.15, 0.2) is 42.6 Å². The van der Waals surface area contributed by atoms with Crippen LogP contribution in [0, 0.1) is 10.1 Å².